The second kappa shape index (κ2) is 13.0. The molecule has 13 heteroatoms. The average molecular weight is 566 g/mol. The Morgan fingerprint density at radius 3 is 2.30 bits per heavy atom. The van der Waals surface area contributed by atoms with Crippen molar-refractivity contribution in [2.45, 2.75) is 70.4 Å². The standard InChI is InChI=1S/C27H30F4N4O5/c1-15(2)24-22(10-9-20(36)11-21(37)12-23(38)39)35(19-7-4-17(28)5-8-19)34-25(24)26(40)33-14-18-6-3-16(13-32-18)27(29,30)31/h3-8,13,15,20-21,36-37H,9-12,14H2,1-2H3,(H,33,40)(H,38,39)/p-1/t20-,21-/m1/s1. The molecule has 0 bridgehead atoms. The Morgan fingerprint density at radius 1 is 1.07 bits per heavy atom. The number of halogens is 4. The SMILES string of the molecule is CC(C)c1c(C(=O)NCc2ccc(C(F)(F)F)cn2)nn(-c2ccc(F)cc2)c1CC[C@@H](O)C[C@@H](O)CC(=O)[O-]. The number of carboxylic acids is 1. The molecule has 1 amide bonds. The minimum absolute atomic E-state index is 0.0349. The fourth-order valence-electron chi connectivity index (χ4n) is 4.24. The van der Waals surface area contributed by atoms with Gasteiger partial charge in [0.15, 0.2) is 5.69 Å². The van der Waals surface area contributed by atoms with Crippen molar-refractivity contribution in [2.24, 2.45) is 0 Å². The molecule has 0 radical (unpaired) electrons. The Bertz CT molecular complexity index is 1310. The maximum atomic E-state index is 13.6. The van der Waals surface area contributed by atoms with Crippen molar-refractivity contribution in [3.8, 4) is 5.69 Å². The summed E-state index contributed by atoms with van der Waals surface area (Å²) < 4.78 is 53.5. The van der Waals surface area contributed by atoms with Gasteiger partial charge >= 0.3 is 6.18 Å². The van der Waals surface area contributed by atoms with Gasteiger partial charge in [-0.05, 0) is 61.6 Å². The average Bonchev–Trinajstić information content (AvgIpc) is 3.25. The summed E-state index contributed by atoms with van der Waals surface area (Å²) in [6, 6.07) is 7.39. The van der Waals surface area contributed by atoms with Crippen LogP contribution in [0, 0.1) is 5.82 Å². The molecule has 3 rings (SSSR count). The lowest BCUT2D eigenvalue weighted by Crippen LogP contribution is -2.29. The summed E-state index contributed by atoms with van der Waals surface area (Å²) >= 11 is 0. The first kappa shape index (κ1) is 30.7. The number of nitrogens with zero attached hydrogens (tertiary/aromatic N) is 3. The van der Waals surface area contributed by atoms with Gasteiger partial charge in [0.25, 0.3) is 5.91 Å². The lowest BCUT2D eigenvalue weighted by Gasteiger charge is -2.17. The normalized spacial score (nSPS) is 13.3. The minimum Gasteiger partial charge on any atom is -0.550 e. The molecule has 9 nitrogen and oxygen atoms in total. The number of alkyl halides is 3. The lowest BCUT2D eigenvalue weighted by atomic mass is 9.95. The van der Waals surface area contributed by atoms with Gasteiger partial charge < -0.3 is 25.4 Å². The van der Waals surface area contributed by atoms with Crippen LogP contribution in [0.25, 0.3) is 5.69 Å². The first-order valence-electron chi connectivity index (χ1n) is 12.5. The van der Waals surface area contributed by atoms with Gasteiger partial charge in [-0.15, -0.1) is 0 Å². The topological polar surface area (TPSA) is 140 Å². The van der Waals surface area contributed by atoms with Crippen LogP contribution in [-0.4, -0.2) is 49.1 Å². The quantitative estimate of drug-likeness (QED) is 0.287. The Kier molecular flexibility index (Phi) is 9.98. The zero-order valence-corrected chi connectivity index (χ0v) is 21.8. The molecule has 0 saturated heterocycles. The van der Waals surface area contributed by atoms with E-state index in [0.717, 1.165) is 12.1 Å². The van der Waals surface area contributed by atoms with Crippen molar-refractivity contribution in [3.63, 3.8) is 0 Å². The van der Waals surface area contributed by atoms with E-state index in [0.29, 0.717) is 23.1 Å². The largest absolute Gasteiger partial charge is 0.550 e. The van der Waals surface area contributed by atoms with Crippen LogP contribution in [0.4, 0.5) is 17.6 Å². The van der Waals surface area contributed by atoms with Crippen LogP contribution in [-0.2, 0) is 23.9 Å². The minimum atomic E-state index is -4.54. The van der Waals surface area contributed by atoms with Crippen LogP contribution >= 0.6 is 0 Å². The molecule has 2 atom stereocenters. The van der Waals surface area contributed by atoms with Crippen molar-refractivity contribution in [1.82, 2.24) is 20.1 Å². The molecule has 0 aliphatic heterocycles. The van der Waals surface area contributed by atoms with E-state index in [9.17, 15) is 42.5 Å². The molecule has 0 aliphatic rings. The Hall–Kier alpha value is -3.84. The van der Waals surface area contributed by atoms with Crippen molar-refractivity contribution in [3.05, 3.63) is 76.6 Å². The number of aliphatic hydroxyl groups is 2. The highest BCUT2D eigenvalue weighted by Crippen LogP contribution is 2.30. The predicted molar refractivity (Wildman–Crippen MR) is 133 cm³/mol. The summed E-state index contributed by atoms with van der Waals surface area (Å²) in [6.45, 7) is 3.48. The van der Waals surface area contributed by atoms with Crippen molar-refractivity contribution in [1.29, 1.82) is 0 Å². The van der Waals surface area contributed by atoms with E-state index in [1.54, 1.807) is 0 Å². The molecule has 216 valence electrons. The van der Waals surface area contributed by atoms with Crippen molar-refractivity contribution in [2.75, 3.05) is 0 Å². The van der Waals surface area contributed by atoms with Gasteiger partial charge in [0, 0.05) is 29.8 Å². The van der Waals surface area contributed by atoms with Gasteiger partial charge in [-0.1, -0.05) is 13.8 Å². The van der Waals surface area contributed by atoms with Crippen molar-refractivity contribution < 1.29 is 42.5 Å². The Balaban J connectivity index is 1.88. The third-order valence-electron chi connectivity index (χ3n) is 6.13. The maximum absolute atomic E-state index is 13.6. The zero-order chi connectivity index (χ0) is 29.6. The van der Waals surface area contributed by atoms with Crippen LogP contribution in [0.15, 0.2) is 42.6 Å². The van der Waals surface area contributed by atoms with E-state index < -0.39 is 48.1 Å². The predicted octanol–water partition coefficient (Wildman–Crippen LogP) is 2.66. The van der Waals surface area contributed by atoms with E-state index in [4.69, 9.17) is 0 Å². The number of rotatable bonds is 12. The van der Waals surface area contributed by atoms with Gasteiger partial charge in [-0.3, -0.25) is 9.78 Å². The van der Waals surface area contributed by atoms with Crippen LogP contribution < -0.4 is 10.4 Å². The number of aliphatic hydroxyl groups excluding tert-OH is 2. The van der Waals surface area contributed by atoms with Crippen LogP contribution in [0.3, 0.4) is 0 Å². The molecule has 0 saturated carbocycles. The maximum Gasteiger partial charge on any atom is 0.417 e. The van der Waals surface area contributed by atoms with Gasteiger partial charge in [0.05, 0.1) is 35.7 Å². The molecule has 0 unspecified atom stereocenters. The molecule has 2 aromatic heterocycles. The zero-order valence-electron chi connectivity index (χ0n) is 21.8. The summed E-state index contributed by atoms with van der Waals surface area (Å²) in [7, 11) is 0. The summed E-state index contributed by atoms with van der Waals surface area (Å²) in [6.07, 6.45) is -6.80. The molecule has 0 spiro atoms. The van der Waals surface area contributed by atoms with Gasteiger partial charge in [-0.2, -0.15) is 18.3 Å². The number of benzene rings is 1. The third kappa shape index (κ3) is 8.09. The summed E-state index contributed by atoms with van der Waals surface area (Å²) in [5.74, 6) is -2.79. The summed E-state index contributed by atoms with van der Waals surface area (Å²) in [4.78, 5) is 27.7. The molecule has 0 aliphatic carbocycles. The van der Waals surface area contributed by atoms with Gasteiger partial charge in [0.1, 0.15) is 5.82 Å². The van der Waals surface area contributed by atoms with E-state index in [2.05, 4.69) is 15.4 Å². The fraction of sp³-hybridized carbons (Fsp3) is 0.407. The monoisotopic (exact) mass is 565 g/mol. The highest BCUT2D eigenvalue weighted by Gasteiger charge is 2.31. The Morgan fingerprint density at radius 2 is 1.75 bits per heavy atom. The molecule has 0 fully saturated rings. The number of hydrogen-bond acceptors (Lipinski definition) is 7. The van der Waals surface area contributed by atoms with Crippen LogP contribution in [0.5, 0.6) is 0 Å². The fourth-order valence-corrected chi connectivity index (χ4v) is 4.24. The molecule has 2 heterocycles. The van der Waals surface area contributed by atoms with E-state index >= 15 is 0 Å². The van der Waals surface area contributed by atoms with Crippen molar-refractivity contribution >= 4 is 11.9 Å². The molecule has 3 N–H and O–H groups in total. The number of carboxylic acid groups (broad SMARTS) is 1. The van der Waals surface area contributed by atoms with Gasteiger partial charge in [-0.25, -0.2) is 9.07 Å². The van der Waals surface area contributed by atoms with E-state index in [1.807, 2.05) is 13.8 Å². The molecule has 1 aromatic carbocycles. The van der Waals surface area contributed by atoms with Crippen LogP contribution in [0.2, 0.25) is 0 Å². The highest BCUT2D eigenvalue weighted by molar-refractivity contribution is 5.94. The second-order valence-corrected chi connectivity index (χ2v) is 9.63. The lowest BCUT2D eigenvalue weighted by molar-refractivity contribution is -0.307. The Labute approximate surface area is 227 Å². The van der Waals surface area contributed by atoms with E-state index in [-0.39, 0.29) is 43.1 Å². The number of hydrogen-bond donors (Lipinski definition) is 3. The number of carbonyl (C=O) groups is 2. The molecule has 40 heavy (non-hydrogen) atoms. The van der Waals surface area contributed by atoms with Crippen LogP contribution in [0.1, 0.15) is 72.0 Å². The second-order valence-electron chi connectivity index (χ2n) is 9.63. The number of nitrogens with one attached hydrogen (secondary N) is 1. The molecular weight excluding hydrogens is 536 g/mol. The highest BCUT2D eigenvalue weighted by atomic mass is 19.4. The number of amides is 1. The summed E-state index contributed by atoms with van der Waals surface area (Å²) in [5.41, 5.74) is 0.823. The number of aliphatic carboxylic acids is 1. The third-order valence-corrected chi connectivity index (χ3v) is 6.13. The number of aromatic nitrogens is 3. The first-order chi connectivity index (χ1) is 18.8. The van der Waals surface area contributed by atoms with E-state index in [1.165, 1.54) is 28.9 Å². The number of pyridine rings is 1. The summed E-state index contributed by atoms with van der Waals surface area (Å²) in [5, 5.41) is 38.0. The molecular formula is C27H29F4N4O5-. The van der Waals surface area contributed by atoms with Gasteiger partial charge in [0.2, 0.25) is 0 Å². The smallest absolute Gasteiger partial charge is 0.417 e. The first-order valence-corrected chi connectivity index (χ1v) is 12.5. The number of carbonyl (C=O) groups excluding carboxylic acids is 2. The molecule has 3 aromatic rings.